The van der Waals surface area contributed by atoms with Crippen molar-refractivity contribution in [2.24, 2.45) is 0 Å². The van der Waals surface area contributed by atoms with Gasteiger partial charge in [0, 0.05) is 6.42 Å². The quantitative estimate of drug-likeness (QED) is 0.474. The molecule has 0 aliphatic carbocycles. The number of allylic oxidation sites excluding steroid dienone is 1. The molecular formula is C10H17NO5PS-. The zero-order chi connectivity index (χ0) is 13.4. The number of ether oxygens (including phenoxy) is 2. The van der Waals surface area contributed by atoms with Crippen LogP contribution in [0.1, 0.15) is 19.3 Å². The molecule has 8 heteroatoms. The van der Waals surface area contributed by atoms with E-state index in [4.69, 9.17) is 14.0 Å². The number of hydrogen-bond acceptors (Lipinski definition) is 6. The largest absolute Gasteiger partial charge is 0.801 e. The summed E-state index contributed by atoms with van der Waals surface area (Å²) in [6.45, 7) is -1.43. The molecule has 0 aromatic rings. The van der Waals surface area contributed by atoms with Crippen molar-refractivity contribution in [3.05, 3.63) is 12.2 Å². The van der Waals surface area contributed by atoms with E-state index >= 15 is 0 Å². The second kappa shape index (κ2) is 7.86. The summed E-state index contributed by atoms with van der Waals surface area (Å²) in [4.78, 5) is 22.4. The number of rotatable bonds is 4. The van der Waals surface area contributed by atoms with Crippen LogP contribution in [-0.4, -0.2) is 32.4 Å². The van der Waals surface area contributed by atoms with Crippen molar-refractivity contribution in [1.29, 1.82) is 0 Å². The lowest BCUT2D eigenvalue weighted by atomic mass is 10.2. The standard InChI is InChI=1S/C10H18NO5PS/c1-17(13,18)15-8-11-10(12)16-9-6-4-2-3-5-7-14-9/h2-3,9H,4-8H2,1H3,(H,11,12)(H,13,18)/p-1/b3-2+. The lowest BCUT2D eigenvalue weighted by Crippen LogP contribution is -2.32. The molecule has 18 heavy (non-hydrogen) atoms. The van der Waals surface area contributed by atoms with Gasteiger partial charge in [0.2, 0.25) is 6.29 Å². The Balaban J connectivity index is 2.22. The minimum atomic E-state index is -3.00. The van der Waals surface area contributed by atoms with E-state index in [0.29, 0.717) is 13.0 Å². The number of hydrogen-bond donors (Lipinski definition) is 1. The van der Waals surface area contributed by atoms with E-state index < -0.39 is 18.9 Å². The van der Waals surface area contributed by atoms with Gasteiger partial charge in [0.15, 0.2) is 0 Å². The van der Waals surface area contributed by atoms with Crippen LogP contribution in [0.2, 0.25) is 0 Å². The monoisotopic (exact) mass is 294 g/mol. The van der Waals surface area contributed by atoms with Crippen molar-refractivity contribution < 1.29 is 23.7 Å². The van der Waals surface area contributed by atoms with E-state index in [1.54, 1.807) is 0 Å². The van der Waals surface area contributed by atoms with Gasteiger partial charge in [0.25, 0.3) is 0 Å². The first-order valence-corrected chi connectivity index (χ1v) is 8.70. The summed E-state index contributed by atoms with van der Waals surface area (Å²) >= 11 is 4.54. The van der Waals surface area contributed by atoms with Crippen molar-refractivity contribution in [3.8, 4) is 0 Å². The van der Waals surface area contributed by atoms with Gasteiger partial charge in [-0.15, -0.1) is 0 Å². The first kappa shape index (κ1) is 15.6. The van der Waals surface area contributed by atoms with Gasteiger partial charge >= 0.3 is 6.09 Å². The highest BCUT2D eigenvalue weighted by molar-refractivity contribution is 8.08. The predicted octanol–water partition coefficient (Wildman–Crippen LogP) is 1.07. The fourth-order valence-corrected chi connectivity index (χ4v) is 1.74. The van der Waals surface area contributed by atoms with E-state index in [-0.39, 0.29) is 6.73 Å². The summed E-state index contributed by atoms with van der Waals surface area (Å²) in [6, 6.07) is 0. The van der Waals surface area contributed by atoms with Crippen LogP contribution in [0.3, 0.4) is 0 Å². The van der Waals surface area contributed by atoms with Gasteiger partial charge in [-0.1, -0.05) is 24.0 Å². The van der Waals surface area contributed by atoms with Gasteiger partial charge in [0.05, 0.1) is 6.61 Å². The van der Waals surface area contributed by atoms with Crippen LogP contribution in [0.4, 0.5) is 4.79 Å². The van der Waals surface area contributed by atoms with Gasteiger partial charge < -0.3 is 18.9 Å². The number of alkyl carbamates (subject to hydrolysis) is 1. The SMILES string of the molecule is CP([O-])(=S)OCNC(=O)OC1CC/C=C/CCO1. The third kappa shape index (κ3) is 7.79. The minimum absolute atomic E-state index is 0.233. The maximum Gasteiger partial charge on any atom is 0.411 e. The molecule has 0 fully saturated rings. The third-order valence-electron chi connectivity index (χ3n) is 2.08. The predicted molar refractivity (Wildman–Crippen MR) is 68.5 cm³/mol. The van der Waals surface area contributed by atoms with E-state index in [1.165, 1.54) is 6.66 Å². The summed E-state index contributed by atoms with van der Waals surface area (Å²) in [5, 5.41) is 2.30. The van der Waals surface area contributed by atoms with E-state index in [2.05, 4.69) is 17.1 Å². The van der Waals surface area contributed by atoms with Crippen molar-refractivity contribution in [1.82, 2.24) is 5.32 Å². The van der Waals surface area contributed by atoms with E-state index in [9.17, 15) is 9.69 Å². The smallest absolute Gasteiger partial charge is 0.411 e. The van der Waals surface area contributed by atoms with E-state index in [1.807, 2.05) is 12.2 Å². The Hall–Kier alpha value is -0.460. The molecule has 1 amide bonds. The Labute approximate surface area is 111 Å². The third-order valence-corrected chi connectivity index (χ3v) is 2.99. The molecular weight excluding hydrogens is 277 g/mol. The zero-order valence-electron chi connectivity index (χ0n) is 10.2. The van der Waals surface area contributed by atoms with Crippen LogP contribution >= 0.6 is 6.49 Å². The molecule has 1 N–H and O–H groups in total. The molecule has 0 aromatic heterocycles. The fraction of sp³-hybridized carbons (Fsp3) is 0.700. The lowest BCUT2D eigenvalue weighted by molar-refractivity contribution is -0.181. The fourth-order valence-electron chi connectivity index (χ4n) is 1.28. The molecule has 0 saturated carbocycles. The van der Waals surface area contributed by atoms with Gasteiger partial charge in [-0.3, -0.25) is 5.32 Å². The maximum atomic E-state index is 11.4. The van der Waals surface area contributed by atoms with Gasteiger partial charge in [-0.05, 0) is 26.0 Å². The van der Waals surface area contributed by atoms with Gasteiger partial charge in [0.1, 0.15) is 6.73 Å². The Morgan fingerprint density at radius 1 is 1.61 bits per heavy atom. The first-order chi connectivity index (χ1) is 8.47. The van der Waals surface area contributed by atoms with E-state index in [0.717, 1.165) is 12.8 Å². The highest BCUT2D eigenvalue weighted by Gasteiger charge is 2.14. The van der Waals surface area contributed by atoms with Gasteiger partial charge in [-0.2, -0.15) is 0 Å². The molecule has 1 aliphatic rings. The van der Waals surface area contributed by atoms with Crippen molar-refractivity contribution in [2.45, 2.75) is 25.6 Å². The first-order valence-electron chi connectivity index (χ1n) is 5.61. The molecule has 2 atom stereocenters. The molecule has 0 radical (unpaired) electrons. The average molecular weight is 294 g/mol. The van der Waals surface area contributed by atoms with Crippen LogP contribution < -0.4 is 10.2 Å². The van der Waals surface area contributed by atoms with Gasteiger partial charge in [-0.25, -0.2) is 4.79 Å². The molecule has 1 heterocycles. The summed E-state index contributed by atoms with van der Waals surface area (Å²) in [7, 11) is 0. The molecule has 0 saturated heterocycles. The molecule has 104 valence electrons. The zero-order valence-corrected chi connectivity index (χ0v) is 11.9. The molecule has 2 unspecified atom stereocenters. The Morgan fingerprint density at radius 3 is 3.06 bits per heavy atom. The number of carbonyl (C=O) groups is 1. The second-order valence-corrected chi connectivity index (χ2v) is 7.56. The normalized spacial score (nSPS) is 25.3. The minimum Gasteiger partial charge on any atom is -0.801 e. The van der Waals surface area contributed by atoms with Crippen LogP contribution in [0.25, 0.3) is 0 Å². The van der Waals surface area contributed by atoms with Crippen LogP contribution in [0, 0.1) is 0 Å². The van der Waals surface area contributed by atoms with Crippen molar-refractivity contribution >= 4 is 24.4 Å². The number of carbonyl (C=O) groups excluding carboxylic acids is 1. The maximum absolute atomic E-state index is 11.4. The van der Waals surface area contributed by atoms with Crippen LogP contribution in [0.5, 0.6) is 0 Å². The Morgan fingerprint density at radius 2 is 2.33 bits per heavy atom. The highest BCUT2D eigenvalue weighted by atomic mass is 32.5. The lowest BCUT2D eigenvalue weighted by Gasteiger charge is -2.23. The summed E-state index contributed by atoms with van der Waals surface area (Å²) in [5.41, 5.74) is 0. The highest BCUT2D eigenvalue weighted by Crippen LogP contribution is 2.30. The Bertz CT molecular complexity index is 343. The topological polar surface area (TPSA) is 79.9 Å². The summed E-state index contributed by atoms with van der Waals surface area (Å²) < 4.78 is 15.1. The van der Waals surface area contributed by atoms with Crippen LogP contribution in [-0.2, 0) is 25.8 Å². The number of amides is 1. The molecule has 0 aromatic carbocycles. The second-order valence-electron chi connectivity index (χ2n) is 3.76. The molecule has 0 bridgehead atoms. The average Bonchev–Trinajstić information content (AvgIpc) is 2.20. The van der Waals surface area contributed by atoms with Crippen molar-refractivity contribution in [2.75, 3.05) is 20.0 Å². The number of nitrogens with one attached hydrogen (secondary N) is 1. The molecule has 1 aliphatic heterocycles. The summed E-state index contributed by atoms with van der Waals surface area (Å²) in [5.74, 6) is 0. The molecule has 1 rings (SSSR count). The van der Waals surface area contributed by atoms with Crippen LogP contribution in [0.15, 0.2) is 12.2 Å². The summed E-state index contributed by atoms with van der Waals surface area (Å²) in [6.07, 6.45) is 5.04. The molecule has 6 nitrogen and oxygen atoms in total. The molecule has 0 spiro atoms. The Kier molecular flexibility index (Phi) is 6.81. The van der Waals surface area contributed by atoms with Crippen molar-refractivity contribution in [3.63, 3.8) is 0 Å².